The first kappa shape index (κ1) is 19.6. The molecule has 0 radical (unpaired) electrons. The van der Waals surface area contributed by atoms with Crippen molar-refractivity contribution in [1.29, 1.82) is 0 Å². The van der Waals surface area contributed by atoms with Crippen molar-refractivity contribution in [3.05, 3.63) is 33.9 Å². The van der Waals surface area contributed by atoms with Crippen LogP contribution in [0.3, 0.4) is 0 Å². The Balaban J connectivity index is 1.76. The van der Waals surface area contributed by atoms with Crippen LogP contribution in [-0.4, -0.2) is 48.0 Å². The highest BCUT2D eigenvalue weighted by atomic mass is 16.6. The van der Waals surface area contributed by atoms with Crippen molar-refractivity contribution in [2.75, 3.05) is 26.0 Å². The molecular formula is C20H30N4O3. The molecule has 2 fully saturated rings. The summed E-state index contributed by atoms with van der Waals surface area (Å²) < 4.78 is 0. The van der Waals surface area contributed by atoms with Crippen molar-refractivity contribution >= 4 is 17.3 Å². The molecule has 0 aliphatic heterocycles. The summed E-state index contributed by atoms with van der Waals surface area (Å²) in [6.07, 6.45) is 6.52. The zero-order valence-corrected chi connectivity index (χ0v) is 16.5. The number of nitro benzene ring substituents is 1. The monoisotopic (exact) mass is 374 g/mol. The summed E-state index contributed by atoms with van der Waals surface area (Å²) in [7, 11) is 4.17. The Morgan fingerprint density at radius 3 is 2.67 bits per heavy atom. The Kier molecular flexibility index (Phi) is 5.69. The fraction of sp³-hybridized carbons (Fsp3) is 0.650. The van der Waals surface area contributed by atoms with E-state index in [1.54, 1.807) is 12.1 Å². The molecule has 0 aromatic heterocycles. The fourth-order valence-electron chi connectivity index (χ4n) is 4.09. The van der Waals surface area contributed by atoms with Gasteiger partial charge in [-0.2, -0.15) is 0 Å². The zero-order valence-electron chi connectivity index (χ0n) is 16.5. The smallest absolute Gasteiger partial charge is 0.293 e. The number of rotatable bonds is 7. The maximum absolute atomic E-state index is 12.2. The first-order valence-electron chi connectivity index (χ1n) is 9.81. The molecule has 27 heavy (non-hydrogen) atoms. The quantitative estimate of drug-likeness (QED) is 0.564. The van der Waals surface area contributed by atoms with Crippen LogP contribution in [0.5, 0.6) is 0 Å². The second-order valence-electron chi connectivity index (χ2n) is 8.41. The van der Waals surface area contributed by atoms with Gasteiger partial charge < -0.3 is 15.5 Å². The first-order valence-corrected chi connectivity index (χ1v) is 9.81. The standard InChI is InChI=1S/C20H30N4O3/c1-14-5-4-10-20(12-14,23(2)3)13-21-17-9-6-15(11-18(17)24(26)27)19(25)22-16-7-8-16/h6,9,11,14,16,21H,4-5,7-8,10,12-13H2,1-3H3,(H,22,25). The summed E-state index contributed by atoms with van der Waals surface area (Å²) in [6.45, 7) is 2.92. The summed E-state index contributed by atoms with van der Waals surface area (Å²) in [5, 5.41) is 17.8. The molecule has 148 valence electrons. The van der Waals surface area contributed by atoms with Crippen LogP contribution in [0.25, 0.3) is 0 Å². The number of anilines is 1. The highest BCUT2D eigenvalue weighted by molar-refractivity contribution is 5.96. The average Bonchev–Trinajstić information content (AvgIpc) is 3.43. The number of hydrogen-bond acceptors (Lipinski definition) is 5. The van der Waals surface area contributed by atoms with Crippen LogP contribution in [0.2, 0.25) is 0 Å². The maximum Gasteiger partial charge on any atom is 0.293 e. The van der Waals surface area contributed by atoms with E-state index in [0.717, 1.165) is 25.7 Å². The minimum absolute atomic E-state index is 0.00639. The normalized spacial score (nSPS) is 25.3. The number of nitrogens with zero attached hydrogens (tertiary/aromatic N) is 2. The number of amides is 1. The minimum atomic E-state index is -0.415. The molecule has 7 heteroatoms. The van der Waals surface area contributed by atoms with E-state index in [0.29, 0.717) is 23.7 Å². The predicted molar refractivity (Wildman–Crippen MR) is 106 cm³/mol. The van der Waals surface area contributed by atoms with E-state index in [4.69, 9.17) is 0 Å². The minimum Gasteiger partial charge on any atom is -0.378 e. The van der Waals surface area contributed by atoms with Gasteiger partial charge in [0.25, 0.3) is 11.6 Å². The summed E-state index contributed by atoms with van der Waals surface area (Å²) in [5.74, 6) is 0.407. The summed E-state index contributed by atoms with van der Waals surface area (Å²) in [4.78, 5) is 25.6. The van der Waals surface area contributed by atoms with Crippen molar-refractivity contribution in [3.8, 4) is 0 Å². The van der Waals surface area contributed by atoms with Crippen molar-refractivity contribution in [2.24, 2.45) is 5.92 Å². The van der Waals surface area contributed by atoms with E-state index < -0.39 is 4.92 Å². The van der Waals surface area contributed by atoms with Crippen molar-refractivity contribution in [3.63, 3.8) is 0 Å². The molecule has 0 bridgehead atoms. The lowest BCUT2D eigenvalue weighted by atomic mass is 9.75. The van der Waals surface area contributed by atoms with Gasteiger partial charge in [0.15, 0.2) is 0 Å². The molecule has 2 atom stereocenters. The van der Waals surface area contributed by atoms with Gasteiger partial charge in [0.1, 0.15) is 5.69 Å². The molecule has 2 unspecified atom stereocenters. The molecule has 7 nitrogen and oxygen atoms in total. The van der Waals surface area contributed by atoms with Crippen LogP contribution in [0, 0.1) is 16.0 Å². The first-order chi connectivity index (χ1) is 12.8. The maximum atomic E-state index is 12.2. The third-order valence-electron chi connectivity index (χ3n) is 5.99. The van der Waals surface area contributed by atoms with Gasteiger partial charge in [0.05, 0.1) is 4.92 Å². The molecular weight excluding hydrogens is 344 g/mol. The van der Waals surface area contributed by atoms with Gasteiger partial charge >= 0.3 is 0 Å². The molecule has 2 saturated carbocycles. The lowest BCUT2D eigenvalue weighted by Gasteiger charge is -2.45. The molecule has 0 spiro atoms. The molecule has 1 amide bonds. The van der Waals surface area contributed by atoms with Crippen molar-refractivity contribution < 1.29 is 9.72 Å². The van der Waals surface area contributed by atoms with Gasteiger partial charge in [-0.1, -0.05) is 19.8 Å². The van der Waals surface area contributed by atoms with Gasteiger partial charge in [0.2, 0.25) is 0 Å². The van der Waals surface area contributed by atoms with Crippen LogP contribution >= 0.6 is 0 Å². The van der Waals surface area contributed by atoms with Crippen molar-refractivity contribution in [2.45, 2.75) is 57.0 Å². The number of benzene rings is 1. The molecule has 2 aliphatic rings. The second-order valence-corrected chi connectivity index (χ2v) is 8.41. The topological polar surface area (TPSA) is 87.5 Å². The Morgan fingerprint density at radius 2 is 2.07 bits per heavy atom. The SMILES string of the molecule is CC1CCCC(CNc2ccc(C(=O)NC3CC3)cc2[N+](=O)[O-])(N(C)C)C1. The Bertz CT molecular complexity index is 717. The number of carbonyl (C=O) groups is 1. The zero-order chi connectivity index (χ0) is 19.6. The highest BCUT2D eigenvalue weighted by Gasteiger charge is 2.37. The van der Waals surface area contributed by atoms with Gasteiger partial charge in [-0.05, 0) is 57.8 Å². The van der Waals surface area contributed by atoms with E-state index in [-0.39, 0.29) is 23.2 Å². The third kappa shape index (κ3) is 4.58. The molecule has 0 heterocycles. The number of nitro groups is 1. The average molecular weight is 374 g/mol. The van der Waals surface area contributed by atoms with E-state index >= 15 is 0 Å². The molecule has 0 saturated heterocycles. The predicted octanol–water partition coefficient (Wildman–Crippen LogP) is 3.41. The van der Waals surface area contributed by atoms with Crippen LogP contribution in [0.1, 0.15) is 55.8 Å². The summed E-state index contributed by atoms with van der Waals surface area (Å²) in [5.41, 5.74) is 0.763. The lowest BCUT2D eigenvalue weighted by molar-refractivity contribution is -0.384. The molecule has 2 aliphatic carbocycles. The summed E-state index contributed by atoms with van der Waals surface area (Å²) >= 11 is 0. The molecule has 2 N–H and O–H groups in total. The Morgan fingerprint density at radius 1 is 1.33 bits per heavy atom. The fourth-order valence-corrected chi connectivity index (χ4v) is 4.09. The van der Waals surface area contributed by atoms with E-state index in [9.17, 15) is 14.9 Å². The Hall–Kier alpha value is -2.15. The lowest BCUT2D eigenvalue weighted by Crippen LogP contribution is -2.52. The highest BCUT2D eigenvalue weighted by Crippen LogP contribution is 2.36. The third-order valence-corrected chi connectivity index (χ3v) is 5.99. The van der Waals surface area contributed by atoms with Crippen molar-refractivity contribution in [1.82, 2.24) is 10.2 Å². The Labute approximate surface area is 160 Å². The molecule has 1 aromatic rings. The molecule has 3 rings (SSSR count). The van der Waals surface area contributed by atoms with Crippen LogP contribution < -0.4 is 10.6 Å². The van der Waals surface area contributed by atoms with Gasteiger partial charge in [0, 0.05) is 29.8 Å². The summed E-state index contributed by atoms with van der Waals surface area (Å²) in [6, 6.07) is 4.93. The number of likely N-dealkylation sites (N-methyl/N-ethyl adjacent to an activating group) is 1. The number of nitrogens with one attached hydrogen (secondary N) is 2. The second kappa shape index (κ2) is 7.84. The van der Waals surface area contributed by atoms with E-state index in [1.165, 1.54) is 18.9 Å². The van der Waals surface area contributed by atoms with E-state index in [1.807, 2.05) is 0 Å². The van der Waals surface area contributed by atoms with Crippen LogP contribution in [0.4, 0.5) is 11.4 Å². The van der Waals surface area contributed by atoms with Crippen LogP contribution in [0.15, 0.2) is 18.2 Å². The van der Waals surface area contributed by atoms with Crippen LogP contribution in [-0.2, 0) is 0 Å². The van der Waals surface area contributed by atoms with Gasteiger partial charge in [-0.25, -0.2) is 0 Å². The van der Waals surface area contributed by atoms with E-state index in [2.05, 4.69) is 36.6 Å². The number of hydrogen-bond donors (Lipinski definition) is 2. The molecule has 1 aromatic carbocycles. The number of carbonyl (C=O) groups excluding carboxylic acids is 1. The van der Waals surface area contributed by atoms with Gasteiger partial charge in [-0.15, -0.1) is 0 Å². The van der Waals surface area contributed by atoms with Gasteiger partial charge in [-0.3, -0.25) is 14.9 Å². The largest absolute Gasteiger partial charge is 0.378 e.